The summed E-state index contributed by atoms with van der Waals surface area (Å²) in [6.45, 7) is 4.55. The molecule has 0 amide bonds. The molecule has 266 valence electrons. The van der Waals surface area contributed by atoms with Crippen molar-refractivity contribution in [3.63, 3.8) is 0 Å². The number of carboxylic acids is 2. The van der Waals surface area contributed by atoms with Crippen LogP contribution in [0.2, 0.25) is 0 Å². The van der Waals surface area contributed by atoms with E-state index >= 15 is 0 Å². The van der Waals surface area contributed by atoms with E-state index in [1.54, 1.807) is 0 Å². The molecule has 4 nitrogen and oxygen atoms in total. The average molecular weight is 742 g/mol. The first-order valence-electron chi connectivity index (χ1n) is 19.9. The van der Waals surface area contributed by atoms with Gasteiger partial charge in [-0.25, -0.2) is 0 Å². The Morgan fingerprint density at radius 2 is 0.422 bits per heavy atom. The van der Waals surface area contributed by atoms with Gasteiger partial charge >= 0.3 is 23.9 Å². The minimum Gasteiger partial charge on any atom is -0.550 e. The number of rotatable bonds is 36. The fourth-order valence-corrected chi connectivity index (χ4v) is 5.99. The van der Waals surface area contributed by atoms with Crippen LogP contribution < -0.4 is 10.2 Å². The molecule has 0 spiro atoms. The summed E-state index contributed by atoms with van der Waals surface area (Å²) >= 11 is 0. The molecule has 0 N–H and O–H groups in total. The summed E-state index contributed by atoms with van der Waals surface area (Å²) in [6, 6.07) is 0. The Morgan fingerprint density at radius 3 is 0.556 bits per heavy atom. The van der Waals surface area contributed by atoms with E-state index in [0.717, 1.165) is 25.7 Å². The number of unbranched alkanes of at least 4 members (excludes halogenated alkanes) is 32. The number of hydrogen-bond donors (Lipinski definition) is 0. The van der Waals surface area contributed by atoms with Gasteiger partial charge in [0.1, 0.15) is 0 Å². The van der Waals surface area contributed by atoms with Crippen molar-refractivity contribution in [3.05, 3.63) is 0 Å². The largest absolute Gasteiger partial charge is 2.00 e. The van der Waals surface area contributed by atoms with Crippen LogP contribution in [0.4, 0.5) is 0 Å². The summed E-state index contributed by atoms with van der Waals surface area (Å²) in [6.07, 6.45) is 45.6. The molecule has 0 aromatic carbocycles. The van der Waals surface area contributed by atoms with Crippen molar-refractivity contribution in [2.24, 2.45) is 0 Å². The second-order valence-electron chi connectivity index (χ2n) is 13.6. The molecular weight excluding hydrogens is 663 g/mol. The smallest absolute Gasteiger partial charge is 0.550 e. The minimum absolute atomic E-state index is 0. The van der Waals surface area contributed by atoms with E-state index in [9.17, 15) is 19.8 Å². The topological polar surface area (TPSA) is 80.3 Å². The van der Waals surface area contributed by atoms with Crippen molar-refractivity contribution in [3.8, 4) is 0 Å². The summed E-state index contributed by atoms with van der Waals surface area (Å²) in [4.78, 5) is 20.5. The zero-order chi connectivity index (χ0) is 32.6. The fraction of sp³-hybridized carbons (Fsp3) is 0.950. The van der Waals surface area contributed by atoms with Crippen molar-refractivity contribution < 1.29 is 19.8 Å². The van der Waals surface area contributed by atoms with Gasteiger partial charge in [-0.1, -0.05) is 219 Å². The summed E-state index contributed by atoms with van der Waals surface area (Å²) in [5, 5.41) is 20.5. The maximum atomic E-state index is 10.2. The predicted octanol–water partition coefficient (Wildman–Crippen LogP) is 11.2. The average Bonchev–Trinajstić information content (AvgIpc) is 3.00. The third-order valence-corrected chi connectivity index (χ3v) is 8.97. The van der Waals surface area contributed by atoms with Crippen molar-refractivity contribution in [2.45, 2.75) is 245 Å². The Morgan fingerprint density at radius 1 is 0.289 bits per heavy atom. The molecule has 0 unspecified atom stereocenters. The third-order valence-electron chi connectivity index (χ3n) is 8.97. The molecule has 0 aromatic rings. The predicted molar refractivity (Wildman–Crippen MR) is 193 cm³/mol. The van der Waals surface area contributed by atoms with Crippen LogP contribution in [0.5, 0.6) is 0 Å². The molecule has 5 heteroatoms. The van der Waals surface area contributed by atoms with Gasteiger partial charge in [0, 0.05) is 11.9 Å². The van der Waals surface area contributed by atoms with Gasteiger partial charge in [0.2, 0.25) is 0 Å². The number of aliphatic carboxylic acids is 2. The Bertz CT molecular complexity index is 506. The molecule has 0 bridgehead atoms. The van der Waals surface area contributed by atoms with Crippen molar-refractivity contribution in [1.29, 1.82) is 0 Å². The normalized spacial score (nSPS) is 10.7. The van der Waals surface area contributed by atoms with Crippen molar-refractivity contribution in [2.75, 3.05) is 0 Å². The van der Waals surface area contributed by atoms with Crippen molar-refractivity contribution in [1.82, 2.24) is 0 Å². The Hall–Kier alpha value is -0.261. The van der Waals surface area contributed by atoms with E-state index < -0.39 is 11.9 Å². The van der Waals surface area contributed by atoms with E-state index in [0.29, 0.717) is 0 Å². The maximum absolute atomic E-state index is 10.2. The Labute approximate surface area is 299 Å². The molecule has 0 saturated heterocycles. The molecule has 2 radical (unpaired) electrons. The van der Waals surface area contributed by atoms with Crippen LogP contribution in [-0.2, 0) is 9.59 Å². The fourth-order valence-electron chi connectivity index (χ4n) is 5.99. The number of carboxylic acid groups (broad SMARTS) is 2. The third kappa shape index (κ3) is 53.5. The molecule has 0 fully saturated rings. The minimum atomic E-state index is -0.902. The summed E-state index contributed by atoms with van der Waals surface area (Å²) in [5.41, 5.74) is 0. The van der Waals surface area contributed by atoms with Gasteiger partial charge in [-0.2, -0.15) is 0 Å². The number of carbonyl (C=O) groups is 2. The van der Waals surface area contributed by atoms with E-state index in [4.69, 9.17) is 0 Å². The molecule has 0 aliphatic carbocycles. The Balaban J connectivity index is -0.000000767. The van der Waals surface area contributed by atoms with Crippen LogP contribution in [0.25, 0.3) is 0 Å². The van der Waals surface area contributed by atoms with Crippen molar-refractivity contribution >= 4 is 35.8 Å². The quantitative estimate of drug-likeness (QED) is 0.0473. The second-order valence-corrected chi connectivity index (χ2v) is 13.6. The molecular formula is C40H78O4Sn. The van der Waals surface area contributed by atoms with E-state index in [1.165, 1.54) is 193 Å². The number of carbonyl (C=O) groups excluding carboxylic acids is 2. The van der Waals surface area contributed by atoms with Gasteiger partial charge in [0.05, 0.1) is 0 Å². The SMILES string of the molecule is CCCCCCCCCCCCCCCCCCCC(=O)[O-].CCCCCCCCCCCCCCCCCCCC(=O)[O-].[Sn+2]. The molecule has 0 aliphatic heterocycles. The monoisotopic (exact) mass is 742 g/mol. The summed E-state index contributed by atoms with van der Waals surface area (Å²) < 4.78 is 0. The van der Waals surface area contributed by atoms with Crippen LogP contribution in [-0.4, -0.2) is 35.8 Å². The van der Waals surface area contributed by atoms with Crippen LogP contribution in [0.1, 0.15) is 245 Å². The van der Waals surface area contributed by atoms with Crippen LogP contribution in [0.3, 0.4) is 0 Å². The Kier molecular flexibility index (Phi) is 50.1. The molecule has 45 heavy (non-hydrogen) atoms. The molecule has 0 atom stereocenters. The van der Waals surface area contributed by atoms with Gasteiger partial charge in [-0.05, 0) is 25.7 Å². The molecule has 0 aliphatic rings. The van der Waals surface area contributed by atoms with Gasteiger partial charge in [0.25, 0.3) is 0 Å². The molecule has 0 saturated carbocycles. The zero-order valence-corrected chi connectivity index (χ0v) is 33.4. The van der Waals surface area contributed by atoms with Gasteiger partial charge in [0.15, 0.2) is 0 Å². The van der Waals surface area contributed by atoms with Crippen LogP contribution in [0, 0.1) is 0 Å². The summed E-state index contributed by atoms with van der Waals surface area (Å²) in [7, 11) is 0. The maximum Gasteiger partial charge on any atom is 2.00 e. The van der Waals surface area contributed by atoms with E-state index in [-0.39, 0.29) is 36.7 Å². The van der Waals surface area contributed by atoms with E-state index in [2.05, 4.69) is 13.8 Å². The van der Waals surface area contributed by atoms with Gasteiger partial charge in [-0.15, -0.1) is 0 Å². The first kappa shape index (κ1) is 49.1. The first-order chi connectivity index (χ1) is 21.5. The molecule has 0 rings (SSSR count). The standard InChI is InChI=1S/2C20H40O2.Sn/c2*1-2-3-4-5-6-7-8-9-10-11-12-13-14-15-16-17-18-19-20(21)22;/h2*2-19H2,1H3,(H,21,22);/q;;+2/p-2. The zero-order valence-electron chi connectivity index (χ0n) is 30.6. The van der Waals surface area contributed by atoms with Crippen LogP contribution >= 0.6 is 0 Å². The summed E-state index contributed by atoms with van der Waals surface area (Å²) in [5.74, 6) is -1.80. The van der Waals surface area contributed by atoms with Crippen LogP contribution in [0.15, 0.2) is 0 Å². The van der Waals surface area contributed by atoms with E-state index in [1.807, 2.05) is 0 Å². The van der Waals surface area contributed by atoms with Gasteiger partial charge < -0.3 is 19.8 Å². The molecule has 0 aromatic heterocycles. The van der Waals surface area contributed by atoms with Gasteiger partial charge in [-0.3, -0.25) is 0 Å². The first-order valence-corrected chi connectivity index (χ1v) is 19.9. The second kappa shape index (κ2) is 45.9. The molecule has 0 heterocycles. The number of hydrogen-bond acceptors (Lipinski definition) is 4.